The zero-order valence-corrected chi connectivity index (χ0v) is 23.6. The monoisotopic (exact) mass is 545 g/mol. The van der Waals surface area contributed by atoms with Crippen molar-refractivity contribution in [3.05, 3.63) is 72.1 Å². The molecule has 0 N–H and O–H groups in total. The summed E-state index contributed by atoms with van der Waals surface area (Å²) < 4.78 is 0. The number of aromatic nitrogens is 1. The summed E-state index contributed by atoms with van der Waals surface area (Å²) >= 11 is 0. The fraction of sp³-hybridized carbons (Fsp3) is 0.484. The minimum absolute atomic E-state index is 0.0497. The van der Waals surface area contributed by atoms with Gasteiger partial charge in [0.25, 0.3) is 11.8 Å². The number of hydrogen-bond acceptors (Lipinski definition) is 6. The number of hydroxylamine groups is 2. The van der Waals surface area contributed by atoms with Crippen LogP contribution in [0.25, 0.3) is 6.08 Å². The molecule has 1 aromatic carbocycles. The van der Waals surface area contributed by atoms with Crippen LogP contribution < -0.4 is 0 Å². The molecule has 0 aliphatic carbocycles. The molecule has 2 aromatic rings. The van der Waals surface area contributed by atoms with Crippen molar-refractivity contribution in [2.75, 3.05) is 26.7 Å². The van der Waals surface area contributed by atoms with Crippen molar-refractivity contribution in [1.82, 2.24) is 24.7 Å². The Morgan fingerprint density at radius 1 is 1.05 bits per heavy atom. The third kappa shape index (κ3) is 6.10. The fourth-order valence-corrected chi connectivity index (χ4v) is 5.91. The zero-order valence-electron chi connectivity index (χ0n) is 23.6. The second-order valence-electron chi connectivity index (χ2n) is 11.4. The lowest BCUT2D eigenvalue weighted by atomic mass is 9.94. The van der Waals surface area contributed by atoms with Gasteiger partial charge in [0.15, 0.2) is 12.3 Å². The summed E-state index contributed by atoms with van der Waals surface area (Å²) in [6.07, 6.45) is 5.72. The Morgan fingerprint density at radius 2 is 1.77 bits per heavy atom. The highest BCUT2D eigenvalue weighted by Crippen LogP contribution is 2.33. The van der Waals surface area contributed by atoms with Gasteiger partial charge in [-0.2, -0.15) is 5.06 Å². The number of carbonyl (C=O) groups is 3. The highest BCUT2D eigenvalue weighted by Gasteiger charge is 2.53. The van der Waals surface area contributed by atoms with Gasteiger partial charge in [-0.3, -0.25) is 24.2 Å². The average Bonchev–Trinajstić information content (AvgIpc) is 2.96. The Hall–Kier alpha value is -3.56. The number of amides is 3. The molecule has 212 valence electrons. The number of fused-ring (bicyclic) bond motifs is 1. The predicted molar refractivity (Wildman–Crippen MR) is 151 cm³/mol. The molecule has 0 spiro atoms. The van der Waals surface area contributed by atoms with E-state index in [1.807, 2.05) is 67.3 Å². The Balaban J connectivity index is 1.51. The molecule has 3 amide bonds. The lowest BCUT2D eigenvalue weighted by molar-refractivity contribution is -0.275. The first-order valence-corrected chi connectivity index (χ1v) is 14.3. The number of piperazine rings is 1. The second kappa shape index (κ2) is 12.3. The topological polar surface area (TPSA) is 86.3 Å². The molecule has 3 fully saturated rings. The van der Waals surface area contributed by atoms with Crippen molar-refractivity contribution in [3.8, 4) is 0 Å². The number of hydrogen-bond donors (Lipinski definition) is 0. The maximum Gasteiger partial charge on any atom is 0.272 e. The second-order valence-corrected chi connectivity index (χ2v) is 11.4. The first kappa shape index (κ1) is 28.0. The zero-order chi connectivity index (χ0) is 28.2. The molecule has 3 saturated heterocycles. The van der Waals surface area contributed by atoms with Crippen LogP contribution in [0.4, 0.5) is 0 Å². The molecule has 9 heteroatoms. The van der Waals surface area contributed by atoms with Gasteiger partial charge in [-0.25, -0.2) is 0 Å². The van der Waals surface area contributed by atoms with Crippen molar-refractivity contribution in [3.63, 3.8) is 0 Å². The first-order valence-electron chi connectivity index (χ1n) is 14.3. The van der Waals surface area contributed by atoms with E-state index in [9.17, 15) is 14.4 Å². The summed E-state index contributed by atoms with van der Waals surface area (Å²) in [4.78, 5) is 58.1. The van der Waals surface area contributed by atoms with Crippen LogP contribution in [0.3, 0.4) is 0 Å². The number of piperidine rings is 1. The third-order valence-corrected chi connectivity index (χ3v) is 8.01. The number of rotatable bonds is 7. The molecular formula is C31H39N5O4. The van der Waals surface area contributed by atoms with Gasteiger partial charge in [0.1, 0.15) is 6.04 Å². The highest BCUT2D eigenvalue weighted by molar-refractivity contribution is 5.95. The van der Waals surface area contributed by atoms with Crippen LogP contribution in [0.5, 0.6) is 0 Å². The molecule has 3 aliphatic heterocycles. The lowest BCUT2D eigenvalue weighted by Gasteiger charge is -2.54. The number of carbonyl (C=O) groups excluding carboxylic acids is 3. The minimum Gasteiger partial charge on any atom is -0.334 e. The number of nitrogens with zero attached hydrogens (tertiary/aromatic N) is 5. The minimum atomic E-state index is -0.843. The van der Waals surface area contributed by atoms with E-state index in [1.54, 1.807) is 17.2 Å². The van der Waals surface area contributed by atoms with Gasteiger partial charge in [0, 0.05) is 24.7 Å². The van der Waals surface area contributed by atoms with Gasteiger partial charge < -0.3 is 14.7 Å². The van der Waals surface area contributed by atoms with Gasteiger partial charge in [-0.1, -0.05) is 50.2 Å². The van der Waals surface area contributed by atoms with E-state index in [0.29, 0.717) is 18.5 Å². The van der Waals surface area contributed by atoms with E-state index in [0.717, 1.165) is 31.5 Å². The molecule has 0 radical (unpaired) electrons. The summed E-state index contributed by atoms with van der Waals surface area (Å²) in [7, 11) is 2.09. The highest BCUT2D eigenvalue weighted by atomic mass is 16.7. The number of pyridine rings is 1. The smallest absolute Gasteiger partial charge is 0.272 e. The quantitative estimate of drug-likeness (QED) is 0.498. The van der Waals surface area contributed by atoms with Crippen LogP contribution in [0.1, 0.15) is 44.4 Å². The molecule has 3 aliphatic rings. The molecule has 0 unspecified atom stereocenters. The van der Waals surface area contributed by atoms with Crippen molar-refractivity contribution in [2.45, 2.75) is 63.9 Å². The molecule has 40 heavy (non-hydrogen) atoms. The normalized spacial score (nSPS) is 24.7. The Labute approximate surface area is 236 Å². The largest absolute Gasteiger partial charge is 0.334 e. The Kier molecular flexibility index (Phi) is 8.61. The molecular weight excluding hydrogens is 506 g/mol. The van der Waals surface area contributed by atoms with E-state index in [-0.39, 0.29) is 36.2 Å². The van der Waals surface area contributed by atoms with E-state index in [2.05, 4.69) is 16.9 Å². The van der Waals surface area contributed by atoms with Crippen molar-refractivity contribution in [2.24, 2.45) is 5.92 Å². The molecule has 9 nitrogen and oxygen atoms in total. The fourth-order valence-electron chi connectivity index (χ4n) is 5.91. The number of likely N-dealkylation sites (tertiary alicyclic amines) is 1. The maximum atomic E-state index is 14.2. The van der Waals surface area contributed by atoms with E-state index >= 15 is 0 Å². The summed E-state index contributed by atoms with van der Waals surface area (Å²) in [5, 5.41) is 1.33. The summed E-state index contributed by atoms with van der Waals surface area (Å²) in [5.41, 5.74) is 1.62. The van der Waals surface area contributed by atoms with Crippen LogP contribution in [0.15, 0.2) is 60.8 Å². The van der Waals surface area contributed by atoms with E-state index in [1.165, 1.54) is 11.1 Å². The van der Waals surface area contributed by atoms with Gasteiger partial charge in [-0.05, 0) is 69.1 Å². The third-order valence-electron chi connectivity index (χ3n) is 8.01. The maximum absolute atomic E-state index is 14.2. The lowest BCUT2D eigenvalue weighted by Crippen LogP contribution is -2.74. The van der Waals surface area contributed by atoms with Crippen LogP contribution in [0.2, 0.25) is 0 Å². The van der Waals surface area contributed by atoms with Gasteiger partial charge in [-0.15, -0.1) is 0 Å². The number of benzene rings is 1. The van der Waals surface area contributed by atoms with Gasteiger partial charge >= 0.3 is 0 Å². The van der Waals surface area contributed by atoms with Crippen LogP contribution in [-0.4, -0.2) is 93.5 Å². The van der Waals surface area contributed by atoms with Gasteiger partial charge in [0.2, 0.25) is 5.91 Å². The van der Waals surface area contributed by atoms with Crippen molar-refractivity contribution < 1.29 is 19.2 Å². The molecule has 3 atom stereocenters. The molecule has 4 heterocycles. The van der Waals surface area contributed by atoms with Crippen molar-refractivity contribution in [1.29, 1.82) is 0 Å². The van der Waals surface area contributed by atoms with Crippen molar-refractivity contribution >= 4 is 23.8 Å². The van der Waals surface area contributed by atoms with E-state index < -0.39 is 18.3 Å². The van der Waals surface area contributed by atoms with Gasteiger partial charge in [0.05, 0.1) is 12.2 Å². The first-order chi connectivity index (χ1) is 19.3. The van der Waals surface area contributed by atoms with Crippen LogP contribution >= 0.6 is 0 Å². The molecule has 1 aromatic heterocycles. The summed E-state index contributed by atoms with van der Waals surface area (Å²) in [6, 6.07) is 14.6. The summed E-state index contributed by atoms with van der Waals surface area (Å²) in [6.45, 7) is 6.05. The molecule has 5 rings (SSSR count). The molecule has 0 saturated carbocycles. The predicted octanol–water partition coefficient (Wildman–Crippen LogP) is 2.99. The van der Waals surface area contributed by atoms with E-state index in [4.69, 9.17) is 4.84 Å². The standard InChI is InChI=1S/C31H39N5O4/c1-22(2)19-27-31(39)35-26(20-23-9-5-4-6-10-23)30(38)34(25-14-17-33(3)18-15-25)21-28(35)36(40-27)29(37)13-12-24-11-7-8-16-32-24/h4-13,16,22,25-28H,14-15,17-21H2,1-3H3/b13-12+/t26-,27+,28-/m0/s1. The van der Waals surface area contributed by atoms with Crippen LogP contribution in [-0.2, 0) is 25.6 Å². The average molecular weight is 546 g/mol. The summed E-state index contributed by atoms with van der Waals surface area (Å²) in [5.74, 6) is -0.494. The Bertz CT molecular complexity index is 1210. The Morgan fingerprint density at radius 3 is 2.45 bits per heavy atom. The van der Waals surface area contributed by atoms with Crippen LogP contribution in [0, 0.1) is 5.92 Å². The molecule has 0 bridgehead atoms. The SMILES string of the molecule is CC(C)C[C@H]1ON(C(=O)/C=C/c2ccccn2)[C@H]2CN(C3CCN(C)CC3)C(=O)[C@H](Cc3ccccc3)N2C1=O.